The molecule has 3 aromatic rings. The van der Waals surface area contributed by atoms with Crippen molar-refractivity contribution in [3.8, 4) is 11.5 Å². The number of nitrogens with one attached hydrogen (secondary N) is 1. The quantitative estimate of drug-likeness (QED) is 0.315. The number of amides is 3. The number of hydrogen-bond donors (Lipinski definition) is 1. The van der Waals surface area contributed by atoms with E-state index in [1.807, 2.05) is 12.1 Å². The van der Waals surface area contributed by atoms with Crippen molar-refractivity contribution in [1.82, 2.24) is 5.32 Å². The van der Waals surface area contributed by atoms with E-state index in [9.17, 15) is 9.59 Å². The van der Waals surface area contributed by atoms with Crippen molar-refractivity contribution < 1.29 is 19.1 Å². The Morgan fingerprint density at radius 3 is 2.21 bits per heavy atom. The molecule has 3 amide bonds. The molecular weight excluding hydrogens is 487 g/mol. The smallest absolute Gasteiger partial charge is 0.333 e. The molecule has 0 saturated carbocycles. The molecule has 33 heavy (non-hydrogen) atoms. The highest BCUT2D eigenvalue weighted by Gasteiger charge is 2.34. The van der Waals surface area contributed by atoms with Gasteiger partial charge in [0.2, 0.25) is 0 Å². The van der Waals surface area contributed by atoms with Gasteiger partial charge in [0, 0.05) is 10.0 Å². The maximum Gasteiger partial charge on any atom is 0.333 e. The fourth-order valence-electron chi connectivity index (χ4n) is 3.23. The molecule has 9 heteroatoms. The largest absolute Gasteiger partial charge is 0.493 e. The predicted octanol–water partition coefficient (Wildman–Crippen LogP) is 6.33. The summed E-state index contributed by atoms with van der Waals surface area (Å²) < 4.78 is 11.3. The summed E-state index contributed by atoms with van der Waals surface area (Å²) in [6.07, 6.45) is 1.52. The van der Waals surface area contributed by atoms with Crippen molar-refractivity contribution in [2.24, 2.45) is 0 Å². The summed E-state index contributed by atoms with van der Waals surface area (Å²) in [5.41, 5.74) is 1.97. The second kappa shape index (κ2) is 9.75. The van der Waals surface area contributed by atoms with Gasteiger partial charge in [-0.1, -0.05) is 46.9 Å². The summed E-state index contributed by atoms with van der Waals surface area (Å²) in [5.74, 6) is 0.246. The Labute approximate surface area is 205 Å². The molecule has 1 N–H and O–H groups in total. The molecular formula is C24H17Cl3N2O4. The van der Waals surface area contributed by atoms with Gasteiger partial charge >= 0.3 is 6.03 Å². The van der Waals surface area contributed by atoms with Gasteiger partial charge in [-0.25, -0.2) is 9.69 Å². The Hall–Kier alpha value is -3.19. The minimum atomic E-state index is -0.561. The second-order valence-corrected chi connectivity index (χ2v) is 8.33. The number of benzene rings is 3. The third kappa shape index (κ3) is 5.09. The highest BCUT2D eigenvalue weighted by atomic mass is 35.5. The van der Waals surface area contributed by atoms with E-state index in [0.717, 1.165) is 10.5 Å². The van der Waals surface area contributed by atoms with Crippen molar-refractivity contribution in [3.05, 3.63) is 92.6 Å². The number of imide groups is 1. The van der Waals surface area contributed by atoms with E-state index in [-0.39, 0.29) is 12.3 Å². The molecule has 1 heterocycles. The molecule has 0 bridgehead atoms. The third-order valence-electron chi connectivity index (χ3n) is 4.82. The van der Waals surface area contributed by atoms with Crippen LogP contribution in [0.2, 0.25) is 15.1 Å². The maximum absolute atomic E-state index is 12.8. The lowest BCUT2D eigenvalue weighted by Gasteiger charge is -2.14. The average Bonchev–Trinajstić information content (AvgIpc) is 3.07. The van der Waals surface area contributed by atoms with Crippen molar-refractivity contribution in [2.75, 3.05) is 12.0 Å². The number of carbonyl (C=O) groups excluding carboxylic acids is 2. The van der Waals surface area contributed by atoms with Crippen LogP contribution in [0.15, 0.2) is 66.4 Å². The Morgan fingerprint density at radius 1 is 0.939 bits per heavy atom. The molecule has 6 nitrogen and oxygen atoms in total. The number of halogens is 3. The molecule has 1 aliphatic rings. The molecule has 0 spiro atoms. The van der Waals surface area contributed by atoms with Crippen LogP contribution in [0.25, 0.3) is 6.08 Å². The van der Waals surface area contributed by atoms with Crippen molar-refractivity contribution in [3.63, 3.8) is 0 Å². The lowest BCUT2D eigenvalue weighted by atomic mass is 10.1. The summed E-state index contributed by atoms with van der Waals surface area (Å²) in [7, 11) is 1.49. The Kier molecular flexibility index (Phi) is 6.79. The van der Waals surface area contributed by atoms with Gasteiger partial charge in [0.15, 0.2) is 11.5 Å². The SMILES string of the molecule is COc1cc(/C=C2/NC(=O)N(c3ccc(Cl)cc3)C2=O)cc(Cl)c1OCc1ccc(Cl)cc1. The summed E-state index contributed by atoms with van der Waals surface area (Å²) in [6, 6.07) is 16.4. The second-order valence-electron chi connectivity index (χ2n) is 7.05. The summed E-state index contributed by atoms with van der Waals surface area (Å²) in [5, 5.41) is 4.01. The Balaban J connectivity index is 1.57. The third-order valence-corrected chi connectivity index (χ3v) is 5.61. The normalized spacial score (nSPS) is 14.5. The van der Waals surface area contributed by atoms with E-state index < -0.39 is 11.9 Å². The van der Waals surface area contributed by atoms with Crippen LogP contribution in [-0.4, -0.2) is 19.0 Å². The number of urea groups is 1. The molecule has 0 aliphatic carbocycles. The molecule has 4 rings (SSSR count). The van der Waals surface area contributed by atoms with Gasteiger partial charge in [-0.3, -0.25) is 4.79 Å². The molecule has 0 radical (unpaired) electrons. The molecule has 1 aliphatic heterocycles. The first-order chi connectivity index (χ1) is 15.9. The van der Waals surface area contributed by atoms with E-state index in [4.69, 9.17) is 44.3 Å². The van der Waals surface area contributed by atoms with Crippen LogP contribution in [0.3, 0.4) is 0 Å². The topological polar surface area (TPSA) is 67.9 Å². The number of nitrogens with zero attached hydrogens (tertiary/aromatic N) is 1. The summed E-state index contributed by atoms with van der Waals surface area (Å²) in [4.78, 5) is 26.3. The highest BCUT2D eigenvalue weighted by Crippen LogP contribution is 2.38. The van der Waals surface area contributed by atoms with Crippen LogP contribution in [0, 0.1) is 0 Å². The molecule has 0 atom stereocenters. The first-order valence-corrected chi connectivity index (χ1v) is 10.9. The van der Waals surface area contributed by atoms with Crippen molar-refractivity contribution in [1.29, 1.82) is 0 Å². The number of hydrogen-bond acceptors (Lipinski definition) is 4. The van der Waals surface area contributed by atoms with Crippen molar-refractivity contribution in [2.45, 2.75) is 6.61 Å². The zero-order valence-corrected chi connectivity index (χ0v) is 19.5. The predicted molar refractivity (Wildman–Crippen MR) is 129 cm³/mol. The van der Waals surface area contributed by atoms with Crippen LogP contribution in [0.4, 0.5) is 10.5 Å². The summed E-state index contributed by atoms with van der Waals surface area (Å²) >= 11 is 18.2. The first-order valence-electron chi connectivity index (χ1n) is 9.73. The lowest BCUT2D eigenvalue weighted by molar-refractivity contribution is -0.113. The van der Waals surface area contributed by atoms with Gasteiger partial charge in [-0.05, 0) is 65.7 Å². The maximum atomic E-state index is 12.8. The lowest BCUT2D eigenvalue weighted by Crippen LogP contribution is -2.30. The number of anilines is 1. The van der Waals surface area contributed by atoms with E-state index in [2.05, 4.69) is 5.32 Å². The number of carbonyl (C=O) groups is 2. The van der Waals surface area contributed by atoms with Crippen LogP contribution >= 0.6 is 34.8 Å². The zero-order chi connectivity index (χ0) is 23.5. The van der Waals surface area contributed by atoms with Gasteiger partial charge < -0.3 is 14.8 Å². The molecule has 1 fully saturated rings. The fraction of sp³-hybridized carbons (Fsp3) is 0.0833. The zero-order valence-electron chi connectivity index (χ0n) is 17.3. The van der Waals surface area contributed by atoms with E-state index >= 15 is 0 Å². The van der Waals surface area contributed by atoms with Crippen LogP contribution in [0.5, 0.6) is 11.5 Å². The van der Waals surface area contributed by atoms with Crippen LogP contribution in [0.1, 0.15) is 11.1 Å². The fourth-order valence-corrected chi connectivity index (χ4v) is 3.75. The summed E-state index contributed by atoms with van der Waals surface area (Å²) in [6.45, 7) is 0.262. The molecule has 1 saturated heterocycles. The number of rotatable bonds is 6. The van der Waals surface area contributed by atoms with E-state index in [1.165, 1.54) is 13.2 Å². The molecule has 0 unspecified atom stereocenters. The Bertz CT molecular complexity index is 1240. The molecule has 0 aromatic heterocycles. The number of methoxy groups -OCH3 is 1. The van der Waals surface area contributed by atoms with Gasteiger partial charge in [0.25, 0.3) is 5.91 Å². The highest BCUT2D eigenvalue weighted by molar-refractivity contribution is 6.33. The van der Waals surface area contributed by atoms with Gasteiger partial charge in [0.05, 0.1) is 17.8 Å². The monoisotopic (exact) mass is 502 g/mol. The standard InChI is InChI=1S/C24H17Cl3N2O4/c1-32-21-12-15(10-19(27)22(21)33-13-14-2-4-16(25)5-3-14)11-20-23(30)29(24(31)28-20)18-8-6-17(26)7-9-18/h2-12H,13H2,1H3,(H,28,31)/b20-11+. The minimum Gasteiger partial charge on any atom is -0.493 e. The van der Waals surface area contributed by atoms with E-state index in [0.29, 0.717) is 37.8 Å². The van der Waals surface area contributed by atoms with E-state index in [1.54, 1.807) is 48.5 Å². The first kappa shape index (κ1) is 23.0. The average molecular weight is 504 g/mol. The van der Waals surface area contributed by atoms with Gasteiger partial charge in [0.1, 0.15) is 12.3 Å². The molecule has 168 valence electrons. The molecule has 3 aromatic carbocycles. The van der Waals surface area contributed by atoms with Crippen LogP contribution < -0.4 is 19.7 Å². The van der Waals surface area contributed by atoms with Gasteiger partial charge in [-0.15, -0.1) is 0 Å². The number of ether oxygens (including phenoxy) is 2. The van der Waals surface area contributed by atoms with Crippen molar-refractivity contribution >= 4 is 58.5 Å². The van der Waals surface area contributed by atoms with Crippen LogP contribution in [-0.2, 0) is 11.4 Å². The minimum absolute atomic E-state index is 0.0999. The van der Waals surface area contributed by atoms with Gasteiger partial charge in [-0.2, -0.15) is 0 Å². The Morgan fingerprint density at radius 2 is 1.58 bits per heavy atom.